The summed E-state index contributed by atoms with van der Waals surface area (Å²) in [5, 5.41) is 2.97. The number of sulfone groups is 1. The van der Waals surface area contributed by atoms with Gasteiger partial charge < -0.3 is 5.32 Å². The molecule has 0 aliphatic heterocycles. The van der Waals surface area contributed by atoms with Gasteiger partial charge in [-0.2, -0.15) is 0 Å². The summed E-state index contributed by atoms with van der Waals surface area (Å²) in [6.45, 7) is 3.30. The maximum atomic E-state index is 11.4. The first-order valence-corrected chi connectivity index (χ1v) is 6.25. The monoisotopic (exact) mass is 213 g/mol. The fraction of sp³-hybridized carbons (Fsp3) is 0.400. The molecule has 1 aromatic rings. The minimum atomic E-state index is -3.11. The van der Waals surface area contributed by atoms with Crippen LogP contribution in [0, 0.1) is 0 Å². The quantitative estimate of drug-likeness (QED) is 0.834. The van der Waals surface area contributed by atoms with Gasteiger partial charge in [0.1, 0.15) is 4.87 Å². The number of hydrogen-bond donors (Lipinski definition) is 1. The predicted molar refractivity (Wildman–Crippen MR) is 59.0 cm³/mol. The van der Waals surface area contributed by atoms with E-state index in [4.69, 9.17) is 0 Å². The molecule has 0 unspecified atom stereocenters. The highest BCUT2D eigenvalue weighted by molar-refractivity contribution is 7.92. The molecular formula is C10H15NO2S. The van der Waals surface area contributed by atoms with Crippen LogP contribution in [0.4, 0.5) is 5.69 Å². The van der Waals surface area contributed by atoms with Crippen LogP contribution in [0.25, 0.3) is 0 Å². The van der Waals surface area contributed by atoms with Crippen LogP contribution >= 0.6 is 0 Å². The van der Waals surface area contributed by atoms with Crippen molar-refractivity contribution >= 4 is 15.5 Å². The lowest BCUT2D eigenvalue weighted by molar-refractivity contribution is 0.570. The molecule has 1 rings (SSSR count). The van der Waals surface area contributed by atoms with Crippen LogP contribution in [-0.4, -0.2) is 19.5 Å². The van der Waals surface area contributed by atoms with Gasteiger partial charge in [-0.05, 0) is 26.0 Å². The lowest BCUT2D eigenvalue weighted by atomic mass is 10.3. The molecular weight excluding hydrogens is 198 g/mol. The fourth-order valence-electron chi connectivity index (χ4n) is 0.962. The first-order chi connectivity index (χ1) is 6.33. The zero-order valence-electron chi connectivity index (χ0n) is 8.61. The zero-order valence-corrected chi connectivity index (χ0v) is 9.43. The summed E-state index contributed by atoms with van der Waals surface area (Å²) in [4.78, 5) is -0.936. The molecule has 0 aromatic heterocycles. The molecule has 1 N–H and O–H groups in total. The Balaban J connectivity index is 2.90. The average molecular weight is 213 g/mol. The van der Waals surface area contributed by atoms with Gasteiger partial charge in [0, 0.05) is 11.9 Å². The highest BCUT2D eigenvalue weighted by Crippen LogP contribution is 2.18. The highest BCUT2D eigenvalue weighted by Gasteiger charge is 2.29. The Morgan fingerprint density at radius 3 is 2.07 bits per heavy atom. The zero-order chi connectivity index (χ0) is 10.8. The Bertz CT molecular complexity index is 395. The first-order valence-electron chi connectivity index (χ1n) is 4.36. The minimum absolute atomic E-state index is 0.808. The van der Waals surface area contributed by atoms with E-state index in [-0.39, 0.29) is 0 Å². The smallest absolute Gasteiger partial charge is 0.170 e. The molecule has 0 amide bonds. The predicted octanol–water partition coefficient (Wildman–Crippen LogP) is 1.88. The molecule has 14 heavy (non-hydrogen) atoms. The molecule has 0 aliphatic rings. The van der Waals surface area contributed by atoms with E-state index in [2.05, 4.69) is 5.32 Å². The van der Waals surface area contributed by atoms with Crippen LogP contribution in [-0.2, 0) is 9.84 Å². The maximum absolute atomic E-state index is 11.4. The van der Waals surface area contributed by atoms with E-state index in [1.807, 2.05) is 30.3 Å². The van der Waals surface area contributed by atoms with Crippen LogP contribution in [0.2, 0.25) is 0 Å². The van der Waals surface area contributed by atoms with Crippen molar-refractivity contribution in [2.75, 3.05) is 11.6 Å². The molecule has 0 saturated heterocycles. The van der Waals surface area contributed by atoms with Crippen molar-refractivity contribution in [1.29, 1.82) is 0 Å². The maximum Gasteiger partial charge on any atom is 0.170 e. The van der Waals surface area contributed by atoms with Gasteiger partial charge in [-0.1, -0.05) is 18.2 Å². The minimum Gasteiger partial charge on any atom is -0.367 e. The largest absolute Gasteiger partial charge is 0.367 e. The van der Waals surface area contributed by atoms with Gasteiger partial charge in [0.25, 0.3) is 0 Å². The lowest BCUT2D eigenvalue weighted by Gasteiger charge is -2.25. The van der Waals surface area contributed by atoms with E-state index in [1.165, 1.54) is 6.26 Å². The van der Waals surface area contributed by atoms with Crippen LogP contribution in [0.15, 0.2) is 30.3 Å². The number of hydrogen-bond acceptors (Lipinski definition) is 3. The summed E-state index contributed by atoms with van der Waals surface area (Å²) in [6, 6.07) is 9.29. The van der Waals surface area contributed by atoms with Gasteiger partial charge >= 0.3 is 0 Å². The van der Waals surface area contributed by atoms with E-state index in [1.54, 1.807) is 13.8 Å². The van der Waals surface area contributed by atoms with Crippen molar-refractivity contribution in [2.45, 2.75) is 18.7 Å². The van der Waals surface area contributed by atoms with Gasteiger partial charge in [-0.25, -0.2) is 8.42 Å². The number of nitrogens with one attached hydrogen (secondary N) is 1. The average Bonchev–Trinajstić information content (AvgIpc) is 2.03. The van der Waals surface area contributed by atoms with Crippen LogP contribution in [0.1, 0.15) is 13.8 Å². The van der Waals surface area contributed by atoms with E-state index in [0.29, 0.717) is 0 Å². The molecule has 0 atom stereocenters. The van der Waals surface area contributed by atoms with Gasteiger partial charge in [0.2, 0.25) is 0 Å². The number of anilines is 1. The van der Waals surface area contributed by atoms with Crippen molar-refractivity contribution in [3.8, 4) is 0 Å². The van der Waals surface area contributed by atoms with Gasteiger partial charge in [-0.15, -0.1) is 0 Å². The van der Waals surface area contributed by atoms with Gasteiger partial charge in [0.05, 0.1) is 0 Å². The molecule has 4 heteroatoms. The van der Waals surface area contributed by atoms with Crippen LogP contribution < -0.4 is 5.32 Å². The van der Waals surface area contributed by atoms with E-state index >= 15 is 0 Å². The molecule has 0 aliphatic carbocycles. The van der Waals surface area contributed by atoms with E-state index in [9.17, 15) is 8.42 Å². The second-order valence-electron chi connectivity index (χ2n) is 3.77. The summed E-state index contributed by atoms with van der Waals surface area (Å²) >= 11 is 0. The summed E-state index contributed by atoms with van der Waals surface area (Å²) < 4.78 is 22.8. The van der Waals surface area contributed by atoms with Crippen molar-refractivity contribution in [1.82, 2.24) is 0 Å². The Morgan fingerprint density at radius 2 is 1.64 bits per heavy atom. The summed E-state index contributed by atoms with van der Waals surface area (Å²) in [5.74, 6) is 0. The Labute approximate surface area is 85.1 Å². The Hall–Kier alpha value is -1.03. The van der Waals surface area contributed by atoms with Crippen molar-refractivity contribution in [3.05, 3.63) is 30.3 Å². The lowest BCUT2D eigenvalue weighted by Crippen LogP contribution is -2.39. The number of rotatable bonds is 3. The summed E-state index contributed by atoms with van der Waals surface area (Å²) in [6.07, 6.45) is 1.23. The summed E-state index contributed by atoms with van der Waals surface area (Å²) in [7, 11) is -3.11. The van der Waals surface area contributed by atoms with Gasteiger partial charge in [0.15, 0.2) is 9.84 Å². The second-order valence-corrected chi connectivity index (χ2v) is 6.34. The molecule has 0 saturated carbocycles. The van der Waals surface area contributed by atoms with Gasteiger partial charge in [-0.3, -0.25) is 0 Å². The molecule has 0 bridgehead atoms. The SMILES string of the molecule is CC(C)(Nc1ccccc1)S(C)(=O)=O. The Kier molecular flexibility index (Phi) is 2.85. The molecule has 78 valence electrons. The van der Waals surface area contributed by atoms with E-state index < -0.39 is 14.7 Å². The molecule has 0 fully saturated rings. The summed E-state index contributed by atoms with van der Waals surface area (Å²) in [5.41, 5.74) is 0.808. The van der Waals surface area contributed by atoms with Crippen LogP contribution in [0.5, 0.6) is 0 Å². The molecule has 0 radical (unpaired) electrons. The topological polar surface area (TPSA) is 46.2 Å². The van der Waals surface area contributed by atoms with Crippen molar-refractivity contribution in [2.24, 2.45) is 0 Å². The third-order valence-corrected chi connectivity index (χ3v) is 4.10. The van der Waals surface area contributed by atoms with Crippen molar-refractivity contribution < 1.29 is 8.42 Å². The second kappa shape index (κ2) is 3.61. The fourth-order valence-corrected chi connectivity index (χ4v) is 1.27. The number of benzene rings is 1. The molecule has 1 aromatic carbocycles. The first kappa shape index (κ1) is 11.0. The molecule has 0 spiro atoms. The standard InChI is InChI=1S/C10H15NO2S/c1-10(2,14(3,12)13)11-9-7-5-4-6-8-9/h4-8,11H,1-3H3. The van der Waals surface area contributed by atoms with Crippen molar-refractivity contribution in [3.63, 3.8) is 0 Å². The third kappa shape index (κ3) is 2.48. The molecule has 0 heterocycles. The Morgan fingerprint density at radius 1 is 1.14 bits per heavy atom. The van der Waals surface area contributed by atoms with Crippen LogP contribution in [0.3, 0.4) is 0 Å². The third-order valence-electron chi connectivity index (χ3n) is 2.15. The highest BCUT2D eigenvalue weighted by atomic mass is 32.2. The molecule has 3 nitrogen and oxygen atoms in total. The van der Waals surface area contributed by atoms with E-state index in [0.717, 1.165) is 5.69 Å². The number of para-hydroxylation sites is 1. The normalized spacial score (nSPS) is 12.5.